The third kappa shape index (κ3) is 3.55. The van der Waals surface area contributed by atoms with Gasteiger partial charge in [0.05, 0.1) is 17.3 Å². The summed E-state index contributed by atoms with van der Waals surface area (Å²) in [5.41, 5.74) is 4.84. The average molecular weight is 307 g/mol. The summed E-state index contributed by atoms with van der Waals surface area (Å²) in [6.07, 6.45) is 0.853. The van der Waals surface area contributed by atoms with E-state index in [0.29, 0.717) is 6.61 Å². The number of nitrogens with zero attached hydrogens (tertiary/aromatic N) is 1. The smallest absolute Gasteiger partial charge is 0.122 e. The van der Waals surface area contributed by atoms with Gasteiger partial charge in [-0.2, -0.15) is 12.6 Å². The van der Waals surface area contributed by atoms with Gasteiger partial charge in [0.2, 0.25) is 0 Å². The summed E-state index contributed by atoms with van der Waals surface area (Å²) in [7, 11) is 0. The summed E-state index contributed by atoms with van der Waals surface area (Å²) in [4.78, 5) is 5.82. The summed E-state index contributed by atoms with van der Waals surface area (Å²) < 4.78 is 5.93. The molecule has 4 heteroatoms. The molecule has 108 valence electrons. The Kier molecular flexibility index (Phi) is 5.11. The van der Waals surface area contributed by atoms with Crippen LogP contribution in [0.25, 0.3) is 0 Å². The second kappa shape index (κ2) is 6.64. The first-order valence-corrected chi connectivity index (χ1v) is 8.23. The zero-order chi connectivity index (χ0) is 14.7. The molecule has 0 radical (unpaired) electrons. The molecule has 0 aliphatic carbocycles. The van der Waals surface area contributed by atoms with Crippen LogP contribution < -0.4 is 4.74 Å². The monoisotopic (exact) mass is 307 g/mol. The maximum Gasteiger partial charge on any atom is 0.122 e. The Labute approximate surface area is 130 Å². The molecule has 0 atom stereocenters. The highest BCUT2D eigenvalue weighted by Gasteiger charge is 2.08. The number of aromatic nitrogens is 1. The number of rotatable bonds is 5. The lowest BCUT2D eigenvalue weighted by Gasteiger charge is -2.11. The first kappa shape index (κ1) is 15.4. The van der Waals surface area contributed by atoms with Crippen molar-refractivity contribution in [1.82, 2.24) is 4.98 Å². The van der Waals surface area contributed by atoms with E-state index in [-0.39, 0.29) is 0 Å². The molecule has 0 amide bonds. The Morgan fingerprint density at radius 1 is 1.20 bits per heavy atom. The molecule has 2 nitrogen and oxygen atoms in total. The lowest BCUT2D eigenvalue weighted by Crippen LogP contribution is -2.03. The van der Waals surface area contributed by atoms with E-state index in [9.17, 15) is 0 Å². The van der Waals surface area contributed by atoms with Gasteiger partial charge in [0.15, 0.2) is 0 Å². The van der Waals surface area contributed by atoms with E-state index < -0.39 is 0 Å². The highest BCUT2D eigenvalue weighted by molar-refractivity contribution is 7.79. The molecule has 20 heavy (non-hydrogen) atoms. The van der Waals surface area contributed by atoms with Gasteiger partial charge >= 0.3 is 0 Å². The van der Waals surface area contributed by atoms with Crippen LogP contribution in [0.15, 0.2) is 12.1 Å². The molecule has 0 N–H and O–H groups in total. The third-order valence-electron chi connectivity index (χ3n) is 3.42. The van der Waals surface area contributed by atoms with Gasteiger partial charge in [0.25, 0.3) is 0 Å². The number of aryl methyl sites for hydroxylation is 3. The van der Waals surface area contributed by atoms with Crippen molar-refractivity contribution < 1.29 is 4.74 Å². The van der Waals surface area contributed by atoms with Gasteiger partial charge in [0.1, 0.15) is 5.75 Å². The highest BCUT2D eigenvalue weighted by Crippen LogP contribution is 2.24. The minimum Gasteiger partial charge on any atom is -0.493 e. The number of benzene rings is 1. The zero-order valence-electron chi connectivity index (χ0n) is 12.5. The fraction of sp³-hybridized carbons (Fsp3) is 0.438. The van der Waals surface area contributed by atoms with Gasteiger partial charge in [-0.3, -0.25) is 0 Å². The SMILES string of the molecule is Cc1cc(C)c(C)c(OCCc2nc(C)c(CS)s2)c1. The topological polar surface area (TPSA) is 22.1 Å². The molecular formula is C16H21NOS2. The Morgan fingerprint density at radius 2 is 1.95 bits per heavy atom. The van der Waals surface area contributed by atoms with Crippen molar-refractivity contribution in [3.05, 3.63) is 44.4 Å². The van der Waals surface area contributed by atoms with Crippen molar-refractivity contribution in [2.75, 3.05) is 6.61 Å². The first-order valence-electron chi connectivity index (χ1n) is 6.78. The number of ether oxygens (including phenoxy) is 1. The fourth-order valence-corrected chi connectivity index (χ4v) is 3.47. The average Bonchev–Trinajstić information content (AvgIpc) is 2.75. The van der Waals surface area contributed by atoms with Gasteiger partial charge in [-0.05, 0) is 50.5 Å². The Bertz CT molecular complexity index is 605. The predicted octanol–water partition coefficient (Wildman–Crippen LogP) is 4.43. The molecule has 1 aromatic carbocycles. The van der Waals surface area contributed by atoms with Crippen LogP contribution in [0.3, 0.4) is 0 Å². The first-order chi connectivity index (χ1) is 9.51. The molecule has 0 bridgehead atoms. The van der Waals surface area contributed by atoms with Crippen LogP contribution in [-0.4, -0.2) is 11.6 Å². The Morgan fingerprint density at radius 3 is 2.60 bits per heavy atom. The second-order valence-electron chi connectivity index (χ2n) is 5.08. The van der Waals surface area contributed by atoms with Gasteiger partial charge < -0.3 is 4.74 Å². The van der Waals surface area contributed by atoms with Gasteiger partial charge in [0, 0.05) is 17.1 Å². The van der Waals surface area contributed by atoms with Crippen LogP contribution in [0.1, 0.15) is 32.3 Å². The van der Waals surface area contributed by atoms with Crippen LogP contribution in [0.4, 0.5) is 0 Å². The molecule has 0 aliphatic rings. The van der Waals surface area contributed by atoms with E-state index in [0.717, 1.165) is 28.6 Å². The normalized spacial score (nSPS) is 10.8. The van der Waals surface area contributed by atoms with Gasteiger partial charge in [-0.25, -0.2) is 4.98 Å². The predicted molar refractivity (Wildman–Crippen MR) is 89.4 cm³/mol. The highest BCUT2D eigenvalue weighted by atomic mass is 32.1. The lowest BCUT2D eigenvalue weighted by molar-refractivity contribution is 0.319. The second-order valence-corrected chi connectivity index (χ2v) is 6.56. The quantitative estimate of drug-likeness (QED) is 0.826. The maximum atomic E-state index is 5.93. The number of thiol groups is 1. The minimum absolute atomic E-state index is 0.669. The van der Waals surface area contributed by atoms with E-state index in [1.165, 1.54) is 21.6 Å². The molecule has 1 aromatic heterocycles. The van der Waals surface area contributed by atoms with Crippen molar-refractivity contribution in [3.63, 3.8) is 0 Å². The van der Waals surface area contributed by atoms with Crippen molar-refractivity contribution in [3.8, 4) is 5.75 Å². The summed E-state index contributed by atoms with van der Waals surface area (Å²) >= 11 is 6.05. The van der Waals surface area contributed by atoms with E-state index in [1.54, 1.807) is 11.3 Å². The zero-order valence-corrected chi connectivity index (χ0v) is 14.2. The van der Waals surface area contributed by atoms with E-state index in [1.807, 2.05) is 6.92 Å². The lowest BCUT2D eigenvalue weighted by atomic mass is 10.1. The van der Waals surface area contributed by atoms with Crippen LogP contribution in [0.2, 0.25) is 0 Å². The molecule has 0 saturated heterocycles. The fourth-order valence-electron chi connectivity index (χ4n) is 2.14. The van der Waals surface area contributed by atoms with E-state index in [2.05, 4.69) is 50.5 Å². The maximum absolute atomic E-state index is 5.93. The Balaban J connectivity index is 1.99. The summed E-state index contributed by atoms with van der Waals surface area (Å²) in [5, 5.41) is 1.13. The Hall–Kier alpha value is -1.000. The standard InChI is InChI=1S/C16H21NOS2/c1-10-7-11(2)12(3)14(8-10)18-6-5-16-17-13(4)15(9-19)20-16/h7-8,19H,5-6,9H2,1-4H3. The molecule has 0 fully saturated rings. The van der Waals surface area contributed by atoms with Crippen molar-refractivity contribution >= 4 is 24.0 Å². The van der Waals surface area contributed by atoms with Crippen molar-refractivity contribution in [2.45, 2.75) is 39.9 Å². The molecule has 2 aromatic rings. The van der Waals surface area contributed by atoms with Crippen LogP contribution in [-0.2, 0) is 12.2 Å². The molecule has 0 aliphatic heterocycles. The van der Waals surface area contributed by atoms with Crippen molar-refractivity contribution in [1.29, 1.82) is 0 Å². The van der Waals surface area contributed by atoms with Crippen LogP contribution >= 0.6 is 24.0 Å². The van der Waals surface area contributed by atoms with E-state index >= 15 is 0 Å². The summed E-state index contributed by atoms with van der Waals surface area (Å²) in [5.74, 6) is 1.76. The molecule has 1 heterocycles. The number of thiazole rings is 1. The molecular weight excluding hydrogens is 286 g/mol. The third-order valence-corrected chi connectivity index (χ3v) is 5.17. The largest absolute Gasteiger partial charge is 0.493 e. The van der Waals surface area contributed by atoms with Crippen LogP contribution in [0.5, 0.6) is 5.75 Å². The van der Waals surface area contributed by atoms with Crippen molar-refractivity contribution in [2.24, 2.45) is 0 Å². The van der Waals surface area contributed by atoms with Gasteiger partial charge in [-0.15, -0.1) is 11.3 Å². The summed E-state index contributed by atoms with van der Waals surface area (Å²) in [6.45, 7) is 9.04. The molecule has 0 saturated carbocycles. The number of hydrogen-bond donors (Lipinski definition) is 1. The minimum atomic E-state index is 0.669. The molecule has 0 spiro atoms. The number of hydrogen-bond acceptors (Lipinski definition) is 4. The van der Waals surface area contributed by atoms with Gasteiger partial charge in [-0.1, -0.05) is 6.07 Å². The summed E-state index contributed by atoms with van der Waals surface area (Å²) in [6, 6.07) is 4.29. The van der Waals surface area contributed by atoms with Crippen LogP contribution in [0, 0.1) is 27.7 Å². The van der Waals surface area contributed by atoms with E-state index in [4.69, 9.17) is 4.74 Å². The molecule has 2 rings (SSSR count). The molecule has 0 unspecified atom stereocenters.